The van der Waals surface area contributed by atoms with Crippen LogP contribution in [-0.4, -0.2) is 51.4 Å². The number of likely N-dealkylation sites (tertiary alicyclic amines) is 1. The molecular weight excluding hydrogens is 316 g/mol. The second-order valence-electron chi connectivity index (χ2n) is 5.71. The van der Waals surface area contributed by atoms with Gasteiger partial charge in [0, 0.05) is 44.8 Å². The predicted octanol–water partition coefficient (Wildman–Crippen LogP) is 0.438. The maximum atomic E-state index is 12.1. The number of rotatable bonds is 5. The number of carbonyl (C=O) groups excluding carboxylic acids is 1. The third-order valence-corrected chi connectivity index (χ3v) is 3.99. The molecule has 0 spiro atoms. The number of nitrogens with one attached hydrogen (secondary N) is 1. The number of carbonyl (C=O) groups is 1. The van der Waals surface area contributed by atoms with E-state index in [1.165, 1.54) is 0 Å². The summed E-state index contributed by atoms with van der Waals surface area (Å²) in [6, 6.07) is 1.89. The first-order valence-electron chi connectivity index (χ1n) is 7.75. The van der Waals surface area contributed by atoms with E-state index < -0.39 is 0 Å². The Balaban J connectivity index is 0.00000192. The van der Waals surface area contributed by atoms with Gasteiger partial charge in [-0.2, -0.15) is 0 Å². The summed E-state index contributed by atoms with van der Waals surface area (Å²) in [4.78, 5) is 23.1. The van der Waals surface area contributed by atoms with Gasteiger partial charge in [0.2, 0.25) is 11.7 Å². The first-order chi connectivity index (χ1) is 10.8. The molecule has 126 valence electrons. The largest absolute Gasteiger partial charge is 0.355 e. The summed E-state index contributed by atoms with van der Waals surface area (Å²) in [6.07, 6.45) is 7.66. The first kappa shape index (κ1) is 17.7. The molecule has 23 heavy (non-hydrogen) atoms. The molecule has 0 bridgehead atoms. The van der Waals surface area contributed by atoms with E-state index in [0.717, 1.165) is 38.2 Å². The summed E-state index contributed by atoms with van der Waals surface area (Å²) in [7, 11) is 0. The Morgan fingerprint density at radius 1 is 1.48 bits per heavy atom. The molecule has 1 aliphatic heterocycles. The zero-order chi connectivity index (χ0) is 15.4. The summed E-state index contributed by atoms with van der Waals surface area (Å²) in [6.45, 7) is 3.56. The van der Waals surface area contributed by atoms with Gasteiger partial charge >= 0.3 is 0 Å². The SMILES string of the molecule is Cl.NCCNC(=O)C1CCCN(Cc2cn3cccnc3n2)C1. The number of nitrogens with two attached hydrogens (primary N) is 1. The van der Waals surface area contributed by atoms with Crippen LogP contribution in [0.3, 0.4) is 0 Å². The zero-order valence-electron chi connectivity index (χ0n) is 13.0. The van der Waals surface area contributed by atoms with Crippen molar-refractivity contribution in [2.75, 3.05) is 26.2 Å². The number of fused-ring (bicyclic) bond motifs is 1. The van der Waals surface area contributed by atoms with Crippen molar-refractivity contribution < 1.29 is 4.79 Å². The van der Waals surface area contributed by atoms with Crippen molar-refractivity contribution in [3.63, 3.8) is 0 Å². The fraction of sp³-hybridized carbons (Fsp3) is 0.533. The lowest BCUT2D eigenvalue weighted by molar-refractivity contribution is -0.126. The molecule has 2 aromatic rings. The van der Waals surface area contributed by atoms with Crippen LogP contribution in [0.4, 0.5) is 0 Å². The van der Waals surface area contributed by atoms with Crippen molar-refractivity contribution >= 4 is 24.1 Å². The highest BCUT2D eigenvalue weighted by Crippen LogP contribution is 2.18. The van der Waals surface area contributed by atoms with Crippen molar-refractivity contribution in [2.24, 2.45) is 11.7 Å². The van der Waals surface area contributed by atoms with Gasteiger partial charge in [0.15, 0.2) is 0 Å². The highest BCUT2D eigenvalue weighted by Gasteiger charge is 2.25. The average Bonchev–Trinajstić information content (AvgIpc) is 2.95. The Morgan fingerprint density at radius 2 is 2.35 bits per heavy atom. The number of hydrogen-bond acceptors (Lipinski definition) is 5. The van der Waals surface area contributed by atoms with Crippen LogP contribution in [0, 0.1) is 5.92 Å². The number of halogens is 1. The maximum Gasteiger partial charge on any atom is 0.233 e. The van der Waals surface area contributed by atoms with E-state index >= 15 is 0 Å². The van der Waals surface area contributed by atoms with Crippen LogP contribution in [0.5, 0.6) is 0 Å². The highest BCUT2D eigenvalue weighted by atomic mass is 35.5. The third kappa shape index (κ3) is 4.40. The number of imidazole rings is 1. The fourth-order valence-electron chi connectivity index (χ4n) is 2.94. The van der Waals surface area contributed by atoms with E-state index in [2.05, 4.69) is 20.2 Å². The van der Waals surface area contributed by atoms with Crippen LogP contribution in [0.1, 0.15) is 18.5 Å². The molecule has 2 aromatic heterocycles. The maximum absolute atomic E-state index is 12.1. The van der Waals surface area contributed by atoms with Crippen LogP contribution in [0.15, 0.2) is 24.7 Å². The molecule has 1 amide bonds. The molecule has 0 radical (unpaired) electrons. The van der Waals surface area contributed by atoms with E-state index in [-0.39, 0.29) is 24.2 Å². The molecule has 1 unspecified atom stereocenters. The van der Waals surface area contributed by atoms with Crippen LogP contribution in [-0.2, 0) is 11.3 Å². The lowest BCUT2D eigenvalue weighted by Crippen LogP contribution is -2.43. The second-order valence-corrected chi connectivity index (χ2v) is 5.71. The molecule has 3 rings (SSSR count). The third-order valence-electron chi connectivity index (χ3n) is 3.99. The Morgan fingerprint density at radius 3 is 3.13 bits per heavy atom. The van der Waals surface area contributed by atoms with E-state index in [1.54, 1.807) is 6.20 Å². The van der Waals surface area contributed by atoms with Crippen molar-refractivity contribution in [1.29, 1.82) is 0 Å². The van der Waals surface area contributed by atoms with Crippen molar-refractivity contribution in [2.45, 2.75) is 19.4 Å². The van der Waals surface area contributed by atoms with E-state index in [9.17, 15) is 4.79 Å². The van der Waals surface area contributed by atoms with Gasteiger partial charge in [0.25, 0.3) is 0 Å². The summed E-state index contributed by atoms with van der Waals surface area (Å²) < 4.78 is 1.92. The number of piperidine rings is 1. The van der Waals surface area contributed by atoms with E-state index in [4.69, 9.17) is 5.73 Å². The van der Waals surface area contributed by atoms with Crippen molar-refractivity contribution in [3.05, 3.63) is 30.4 Å². The van der Waals surface area contributed by atoms with Gasteiger partial charge in [-0.3, -0.25) is 14.1 Å². The lowest BCUT2D eigenvalue weighted by Gasteiger charge is -2.31. The molecule has 1 saturated heterocycles. The molecule has 0 aromatic carbocycles. The fourth-order valence-corrected chi connectivity index (χ4v) is 2.94. The average molecular weight is 339 g/mol. The minimum absolute atomic E-state index is 0. The Hall–Kier alpha value is -1.70. The molecular formula is C15H23ClN6O. The van der Waals surface area contributed by atoms with Gasteiger partial charge < -0.3 is 11.1 Å². The van der Waals surface area contributed by atoms with Crippen LogP contribution >= 0.6 is 12.4 Å². The van der Waals surface area contributed by atoms with Crippen molar-refractivity contribution in [1.82, 2.24) is 24.6 Å². The summed E-state index contributed by atoms with van der Waals surface area (Å²) in [5.74, 6) is 0.883. The summed E-state index contributed by atoms with van der Waals surface area (Å²) in [5, 5.41) is 2.89. The van der Waals surface area contributed by atoms with Gasteiger partial charge in [0.1, 0.15) is 0 Å². The molecule has 8 heteroatoms. The van der Waals surface area contributed by atoms with Gasteiger partial charge in [-0.1, -0.05) is 0 Å². The number of hydrogen-bond donors (Lipinski definition) is 2. The topological polar surface area (TPSA) is 88.5 Å². The molecule has 1 atom stereocenters. The zero-order valence-corrected chi connectivity index (χ0v) is 13.8. The van der Waals surface area contributed by atoms with Crippen LogP contribution < -0.4 is 11.1 Å². The molecule has 3 N–H and O–H groups in total. The van der Waals surface area contributed by atoms with Crippen LogP contribution in [0.2, 0.25) is 0 Å². The number of nitrogens with zero attached hydrogens (tertiary/aromatic N) is 4. The molecule has 3 heterocycles. The van der Waals surface area contributed by atoms with Crippen LogP contribution in [0.25, 0.3) is 5.78 Å². The predicted molar refractivity (Wildman–Crippen MR) is 90.3 cm³/mol. The minimum atomic E-state index is 0. The minimum Gasteiger partial charge on any atom is -0.355 e. The van der Waals surface area contributed by atoms with E-state index in [0.29, 0.717) is 18.9 Å². The summed E-state index contributed by atoms with van der Waals surface area (Å²) in [5.41, 5.74) is 6.42. The first-order valence-corrected chi connectivity index (χ1v) is 7.75. The molecule has 1 fully saturated rings. The van der Waals surface area contributed by atoms with E-state index in [1.807, 2.05) is 22.9 Å². The monoisotopic (exact) mass is 338 g/mol. The molecule has 1 aliphatic rings. The normalized spacial score (nSPS) is 18.6. The number of aromatic nitrogens is 3. The Bertz CT molecular complexity index is 613. The number of amides is 1. The van der Waals surface area contributed by atoms with Gasteiger partial charge in [-0.25, -0.2) is 9.97 Å². The quantitative estimate of drug-likeness (QED) is 0.825. The summed E-state index contributed by atoms with van der Waals surface area (Å²) >= 11 is 0. The van der Waals surface area contributed by atoms with Crippen molar-refractivity contribution in [3.8, 4) is 0 Å². The molecule has 0 aliphatic carbocycles. The van der Waals surface area contributed by atoms with Gasteiger partial charge in [-0.15, -0.1) is 12.4 Å². The van der Waals surface area contributed by atoms with Gasteiger partial charge in [-0.05, 0) is 25.5 Å². The Kier molecular flexibility index (Phi) is 6.32. The standard InChI is InChI=1S/C15H22N6O.ClH/c16-4-6-17-14(22)12-3-1-7-20(9-12)10-13-11-21-8-2-5-18-15(21)19-13;/h2,5,8,11-12H,1,3-4,6-7,9-10,16H2,(H,17,22);1H. The molecule has 7 nitrogen and oxygen atoms in total. The Labute approximate surface area is 141 Å². The smallest absolute Gasteiger partial charge is 0.233 e. The highest BCUT2D eigenvalue weighted by molar-refractivity contribution is 5.85. The molecule has 0 saturated carbocycles. The van der Waals surface area contributed by atoms with Gasteiger partial charge in [0.05, 0.1) is 11.6 Å². The second kappa shape index (κ2) is 8.24. The lowest BCUT2D eigenvalue weighted by atomic mass is 9.97.